The average molecular weight is 274 g/mol. The molecule has 1 aromatic rings. The molecule has 4 heteroatoms. The van der Waals surface area contributed by atoms with E-state index in [0.29, 0.717) is 5.92 Å². The maximum Gasteiger partial charge on any atom is 0.227 e. The van der Waals surface area contributed by atoms with E-state index >= 15 is 0 Å². The second-order valence-corrected chi connectivity index (χ2v) is 6.08. The summed E-state index contributed by atoms with van der Waals surface area (Å²) in [5.74, 6) is 1.57. The third-order valence-corrected chi connectivity index (χ3v) is 4.83. The standard InChI is InChI=1S/C16H22N2O2/c1-12-9-18(11-16(12)6-7-17-15(16)19)10-13-4-3-5-14(8-13)20-2/h3-5,8,12H,6-7,9-11H2,1-2H3,(H,17,19)/t12-,16-/m1/s1. The lowest BCUT2D eigenvalue weighted by atomic mass is 9.78. The molecule has 1 amide bonds. The summed E-state index contributed by atoms with van der Waals surface area (Å²) in [5.41, 5.74) is 1.09. The lowest BCUT2D eigenvalue weighted by Gasteiger charge is -2.24. The van der Waals surface area contributed by atoms with Crippen molar-refractivity contribution in [2.24, 2.45) is 11.3 Å². The van der Waals surface area contributed by atoms with Gasteiger partial charge in [-0.05, 0) is 30.0 Å². The van der Waals surface area contributed by atoms with Gasteiger partial charge < -0.3 is 10.1 Å². The number of nitrogens with zero attached hydrogens (tertiary/aromatic N) is 1. The Balaban J connectivity index is 1.72. The van der Waals surface area contributed by atoms with Gasteiger partial charge in [0, 0.05) is 26.2 Å². The van der Waals surface area contributed by atoms with Crippen molar-refractivity contribution in [1.82, 2.24) is 10.2 Å². The summed E-state index contributed by atoms with van der Waals surface area (Å²) >= 11 is 0. The maximum atomic E-state index is 12.1. The van der Waals surface area contributed by atoms with Crippen LogP contribution in [0, 0.1) is 11.3 Å². The second kappa shape index (κ2) is 5.09. The van der Waals surface area contributed by atoms with E-state index in [2.05, 4.69) is 29.3 Å². The molecule has 2 heterocycles. The summed E-state index contributed by atoms with van der Waals surface area (Å²) < 4.78 is 5.27. The molecule has 1 spiro atoms. The number of hydrogen-bond donors (Lipinski definition) is 1. The summed E-state index contributed by atoms with van der Waals surface area (Å²) in [4.78, 5) is 14.5. The number of carbonyl (C=O) groups excluding carboxylic acids is 1. The van der Waals surface area contributed by atoms with Crippen LogP contribution >= 0.6 is 0 Å². The fourth-order valence-corrected chi connectivity index (χ4v) is 3.64. The zero-order valence-electron chi connectivity index (χ0n) is 12.2. The van der Waals surface area contributed by atoms with E-state index in [-0.39, 0.29) is 11.3 Å². The molecule has 2 atom stereocenters. The van der Waals surface area contributed by atoms with E-state index in [9.17, 15) is 4.79 Å². The first-order valence-corrected chi connectivity index (χ1v) is 7.28. The van der Waals surface area contributed by atoms with Crippen molar-refractivity contribution in [2.75, 3.05) is 26.7 Å². The van der Waals surface area contributed by atoms with E-state index in [1.165, 1.54) is 5.56 Å². The topological polar surface area (TPSA) is 41.6 Å². The van der Waals surface area contributed by atoms with Gasteiger partial charge in [-0.2, -0.15) is 0 Å². The minimum atomic E-state index is -0.154. The Hall–Kier alpha value is -1.55. The van der Waals surface area contributed by atoms with Crippen LogP contribution in [0.5, 0.6) is 5.75 Å². The van der Waals surface area contributed by atoms with Crippen molar-refractivity contribution in [3.8, 4) is 5.75 Å². The van der Waals surface area contributed by atoms with Crippen LogP contribution < -0.4 is 10.1 Å². The third-order valence-electron chi connectivity index (χ3n) is 4.83. The van der Waals surface area contributed by atoms with Gasteiger partial charge >= 0.3 is 0 Å². The molecule has 0 bridgehead atoms. The number of methoxy groups -OCH3 is 1. The Morgan fingerprint density at radius 1 is 1.50 bits per heavy atom. The van der Waals surface area contributed by atoms with Crippen molar-refractivity contribution >= 4 is 5.91 Å². The predicted molar refractivity (Wildman–Crippen MR) is 77.5 cm³/mol. The second-order valence-electron chi connectivity index (χ2n) is 6.08. The Labute approximate surface area is 120 Å². The molecule has 0 saturated carbocycles. The average Bonchev–Trinajstić information content (AvgIpc) is 2.95. The van der Waals surface area contributed by atoms with Crippen LogP contribution in [0.15, 0.2) is 24.3 Å². The Morgan fingerprint density at radius 3 is 3.05 bits per heavy atom. The lowest BCUT2D eigenvalue weighted by molar-refractivity contribution is -0.128. The molecule has 2 aliphatic rings. The van der Waals surface area contributed by atoms with Crippen LogP contribution in [0.2, 0.25) is 0 Å². The molecule has 1 aromatic carbocycles. The van der Waals surface area contributed by atoms with Gasteiger partial charge in [0.25, 0.3) is 0 Å². The number of rotatable bonds is 3. The molecule has 2 aliphatic heterocycles. The molecule has 0 aliphatic carbocycles. The van der Waals surface area contributed by atoms with Gasteiger partial charge in [-0.3, -0.25) is 9.69 Å². The lowest BCUT2D eigenvalue weighted by Crippen LogP contribution is -2.37. The number of likely N-dealkylation sites (tertiary alicyclic amines) is 1. The first-order valence-electron chi connectivity index (χ1n) is 7.28. The summed E-state index contributed by atoms with van der Waals surface area (Å²) in [7, 11) is 1.69. The van der Waals surface area contributed by atoms with Crippen LogP contribution in [0.4, 0.5) is 0 Å². The monoisotopic (exact) mass is 274 g/mol. The fraction of sp³-hybridized carbons (Fsp3) is 0.562. The smallest absolute Gasteiger partial charge is 0.227 e. The van der Waals surface area contributed by atoms with E-state index in [1.54, 1.807) is 7.11 Å². The predicted octanol–water partition coefficient (Wildman–Crippen LogP) is 1.65. The molecule has 1 N–H and O–H groups in total. The highest BCUT2D eigenvalue weighted by Crippen LogP contribution is 2.42. The van der Waals surface area contributed by atoms with E-state index < -0.39 is 0 Å². The minimum absolute atomic E-state index is 0.154. The van der Waals surface area contributed by atoms with Gasteiger partial charge in [0.05, 0.1) is 12.5 Å². The van der Waals surface area contributed by atoms with Crippen LogP contribution in [0.1, 0.15) is 18.9 Å². The largest absolute Gasteiger partial charge is 0.497 e. The van der Waals surface area contributed by atoms with Gasteiger partial charge in [-0.15, -0.1) is 0 Å². The van der Waals surface area contributed by atoms with E-state index in [4.69, 9.17) is 4.74 Å². The number of benzene rings is 1. The van der Waals surface area contributed by atoms with Crippen LogP contribution in [0.3, 0.4) is 0 Å². The third kappa shape index (κ3) is 2.18. The first-order chi connectivity index (χ1) is 9.64. The molecule has 20 heavy (non-hydrogen) atoms. The van der Waals surface area contributed by atoms with E-state index in [0.717, 1.165) is 38.3 Å². The van der Waals surface area contributed by atoms with Crippen molar-refractivity contribution in [2.45, 2.75) is 19.9 Å². The number of ether oxygens (including phenoxy) is 1. The highest BCUT2D eigenvalue weighted by Gasteiger charge is 2.51. The van der Waals surface area contributed by atoms with Crippen LogP contribution in [-0.2, 0) is 11.3 Å². The Morgan fingerprint density at radius 2 is 2.35 bits per heavy atom. The Kier molecular flexibility index (Phi) is 3.42. The fourth-order valence-electron chi connectivity index (χ4n) is 3.64. The zero-order valence-corrected chi connectivity index (χ0v) is 12.2. The van der Waals surface area contributed by atoms with Gasteiger partial charge in [0.15, 0.2) is 0 Å². The molecular formula is C16H22N2O2. The maximum absolute atomic E-state index is 12.1. The molecular weight excluding hydrogens is 252 g/mol. The highest BCUT2D eigenvalue weighted by molar-refractivity contribution is 5.85. The van der Waals surface area contributed by atoms with Gasteiger partial charge in [0.1, 0.15) is 5.75 Å². The van der Waals surface area contributed by atoms with Crippen molar-refractivity contribution in [3.05, 3.63) is 29.8 Å². The number of amides is 1. The normalized spacial score (nSPS) is 29.9. The number of nitrogens with one attached hydrogen (secondary N) is 1. The quantitative estimate of drug-likeness (QED) is 0.911. The summed E-state index contributed by atoms with van der Waals surface area (Å²) in [6.07, 6.45) is 0.974. The molecule has 0 aromatic heterocycles. The van der Waals surface area contributed by atoms with E-state index in [1.807, 2.05) is 12.1 Å². The molecule has 2 saturated heterocycles. The molecule has 0 radical (unpaired) electrons. The molecule has 2 fully saturated rings. The van der Waals surface area contributed by atoms with Crippen molar-refractivity contribution in [1.29, 1.82) is 0 Å². The number of carbonyl (C=O) groups is 1. The van der Waals surface area contributed by atoms with Gasteiger partial charge in [-0.25, -0.2) is 0 Å². The minimum Gasteiger partial charge on any atom is -0.497 e. The highest BCUT2D eigenvalue weighted by atomic mass is 16.5. The molecule has 4 nitrogen and oxygen atoms in total. The summed E-state index contributed by atoms with van der Waals surface area (Å²) in [5, 5.41) is 3.00. The summed E-state index contributed by atoms with van der Waals surface area (Å²) in [6.45, 7) is 5.78. The zero-order chi connectivity index (χ0) is 14.2. The van der Waals surface area contributed by atoms with Gasteiger partial charge in [0.2, 0.25) is 5.91 Å². The van der Waals surface area contributed by atoms with Crippen LogP contribution in [-0.4, -0.2) is 37.6 Å². The molecule has 0 unspecified atom stereocenters. The van der Waals surface area contributed by atoms with Gasteiger partial charge in [-0.1, -0.05) is 19.1 Å². The van der Waals surface area contributed by atoms with Crippen molar-refractivity contribution in [3.63, 3.8) is 0 Å². The SMILES string of the molecule is COc1cccc(CN2C[C@@H](C)[C@@]3(CCNC3=O)C2)c1. The Bertz CT molecular complexity index is 517. The summed E-state index contributed by atoms with van der Waals surface area (Å²) in [6, 6.07) is 8.17. The molecule has 3 rings (SSSR count). The van der Waals surface area contributed by atoms with Crippen LogP contribution in [0.25, 0.3) is 0 Å². The van der Waals surface area contributed by atoms with Crippen molar-refractivity contribution < 1.29 is 9.53 Å². The number of hydrogen-bond acceptors (Lipinski definition) is 3. The first kappa shape index (κ1) is 13.4. The molecule has 108 valence electrons.